The van der Waals surface area contributed by atoms with E-state index < -0.39 is 11.6 Å². The van der Waals surface area contributed by atoms with Crippen molar-refractivity contribution < 1.29 is 18.7 Å². The fraction of sp³-hybridized carbons (Fsp3) is 0.316. The van der Waals surface area contributed by atoms with Crippen molar-refractivity contribution >= 4 is 6.03 Å². The van der Waals surface area contributed by atoms with Crippen LogP contribution in [0.15, 0.2) is 48.5 Å². The molecular formula is C19H22F2N2O2. The average Bonchev–Trinajstić information content (AvgIpc) is 2.61. The monoisotopic (exact) mass is 348 g/mol. The predicted molar refractivity (Wildman–Crippen MR) is 92.1 cm³/mol. The number of aliphatic hydroxyl groups excluding tert-OH is 1. The number of carbonyl (C=O) groups excluding carboxylic acids is 1. The molecule has 0 fully saturated rings. The molecule has 0 radical (unpaired) electrons. The van der Waals surface area contributed by atoms with Crippen LogP contribution >= 0.6 is 0 Å². The maximum absolute atomic E-state index is 13.6. The summed E-state index contributed by atoms with van der Waals surface area (Å²) in [6, 6.07) is 12.3. The molecule has 0 aliphatic carbocycles. The van der Waals surface area contributed by atoms with E-state index in [1.807, 2.05) is 30.3 Å². The van der Waals surface area contributed by atoms with Crippen molar-refractivity contribution in [1.82, 2.24) is 10.6 Å². The SMILES string of the molecule is O=C(NCCc1ccc(F)cc1F)NC(CCCO)c1ccccc1. The Kier molecular flexibility index (Phi) is 7.35. The maximum atomic E-state index is 13.6. The highest BCUT2D eigenvalue weighted by molar-refractivity contribution is 5.74. The second-order valence-electron chi connectivity index (χ2n) is 5.72. The summed E-state index contributed by atoms with van der Waals surface area (Å²) in [5.41, 5.74) is 1.30. The molecule has 25 heavy (non-hydrogen) atoms. The summed E-state index contributed by atoms with van der Waals surface area (Å²) in [4.78, 5) is 12.1. The van der Waals surface area contributed by atoms with Gasteiger partial charge in [-0.15, -0.1) is 0 Å². The molecule has 0 aromatic heterocycles. The number of hydrogen-bond acceptors (Lipinski definition) is 2. The largest absolute Gasteiger partial charge is 0.396 e. The maximum Gasteiger partial charge on any atom is 0.315 e. The highest BCUT2D eigenvalue weighted by Gasteiger charge is 2.14. The second kappa shape index (κ2) is 9.74. The van der Waals surface area contributed by atoms with Gasteiger partial charge < -0.3 is 15.7 Å². The van der Waals surface area contributed by atoms with E-state index in [0.717, 1.165) is 11.6 Å². The number of halogens is 2. The topological polar surface area (TPSA) is 61.4 Å². The molecular weight excluding hydrogens is 326 g/mol. The molecule has 3 N–H and O–H groups in total. The van der Waals surface area contributed by atoms with Crippen LogP contribution in [0.5, 0.6) is 0 Å². The Balaban J connectivity index is 1.86. The van der Waals surface area contributed by atoms with Crippen LogP contribution in [-0.2, 0) is 6.42 Å². The van der Waals surface area contributed by atoms with E-state index in [4.69, 9.17) is 5.11 Å². The van der Waals surface area contributed by atoms with Gasteiger partial charge in [0.25, 0.3) is 0 Å². The smallest absolute Gasteiger partial charge is 0.315 e. The number of rotatable bonds is 8. The zero-order valence-electron chi connectivity index (χ0n) is 13.8. The van der Waals surface area contributed by atoms with Crippen molar-refractivity contribution in [3.05, 3.63) is 71.3 Å². The molecule has 6 heteroatoms. The van der Waals surface area contributed by atoms with Crippen LogP contribution in [0.3, 0.4) is 0 Å². The number of aliphatic hydroxyl groups is 1. The van der Waals surface area contributed by atoms with Gasteiger partial charge in [-0.25, -0.2) is 13.6 Å². The lowest BCUT2D eigenvalue weighted by Gasteiger charge is -2.19. The second-order valence-corrected chi connectivity index (χ2v) is 5.72. The summed E-state index contributed by atoms with van der Waals surface area (Å²) in [6.07, 6.45) is 1.45. The van der Waals surface area contributed by atoms with Gasteiger partial charge in [0.05, 0.1) is 6.04 Å². The van der Waals surface area contributed by atoms with E-state index in [1.54, 1.807) is 0 Å². The fourth-order valence-corrected chi connectivity index (χ4v) is 2.55. The van der Waals surface area contributed by atoms with Crippen LogP contribution in [0.25, 0.3) is 0 Å². The standard InChI is InChI=1S/C19H22F2N2O2/c20-16-9-8-14(17(21)13-16)10-11-22-19(25)23-18(7-4-12-24)15-5-2-1-3-6-15/h1-3,5-6,8-9,13,18,24H,4,7,10-12H2,(H2,22,23,25). The lowest BCUT2D eigenvalue weighted by atomic mass is 10.0. The Hall–Kier alpha value is -2.47. The highest BCUT2D eigenvalue weighted by atomic mass is 19.1. The van der Waals surface area contributed by atoms with Gasteiger partial charge in [0.2, 0.25) is 0 Å². The summed E-state index contributed by atoms with van der Waals surface area (Å²) >= 11 is 0. The van der Waals surface area contributed by atoms with E-state index >= 15 is 0 Å². The van der Waals surface area contributed by atoms with Gasteiger partial charge in [-0.2, -0.15) is 0 Å². The summed E-state index contributed by atoms with van der Waals surface area (Å²) in [6.45, 7) is 0.284. The van der Waals surface area contributed by atoms with Crippen molar-refractivity contribution in [3.63, 3.8) is 0 Å². The van der Waals surface area contributed by atoms with Gasteiger partial charge in [-0.05, 0) is 36.5 Å². The van der Waals surface area contributed by atoms with E-state index in [0.29, 0.717) is 18.4 Å². The molecule has 0 saturated heterocycles. The van der Waals surface area contributed by atoms with Crippen LogP contribution in [0.1, 0.15) is 30.0 Å². The zero-order chi connectivity index (χ0) is 18.1. The summed E-state index contributed by atoms with van der Waals surface area (Å²) < 4.78 is 26.4. The minimum Gasteiger partial charge on any atom is -0.396 e. The first-order valence-corrected chi connectivity index (χ1v) is 8.24. The first-order chi connectivity index (χ1) is 12.1. The quantitative estimate of drug-likeness (QED) is 0.685. The van der Waals surface area contributed by atoms with Crippen LogP contribution in [0.4, 0.5) is 13.6 Å². The van der Waals surface area contributed by atoms with Crippen LogP contribution in [0, 0.1) is 11.6 Å². The molecule has 0 aliphatic heterocycles. The first kappa shape index (κ1) is 18.9. The van der Waals surface area contributed by atoms with Crippen molar-refractivity contribution in [2.24, 2.45) is 0 Å². The minimum absolute atomic E-state index is 0.0521. The van der Waals surface area contributed by atoms with Crippen molar-refractivity contribution in [1.29, 1.82) is 0 Å². The highest BCUT2D eigenvalue weighted by Crippen LogP contribution is 2.18. The lowest BCUT2D eigenvalue weighted by molar-refractivity contribution is 0.233. The number of benzene rings is 2. The van der Waals surface area contributed by atoms with Gasteiger partial charge in [0, 0.05) is 19.2 Å². The van der Waals surface area contributed by atoms with Crippen LogP contribution < -0.4 is 10.6 Å². The molecule has 0 heterocycles. The molecule has 1 atom stereocenters. The molecule has 0 spiro atoms. The van der Waals surface area contributed by atoms with E-state index in [-0.39, 0.29) is 31.6 Å². The summed E-state index contributed by atoms with van der Waals surface area (Å²) in [5, 5.41) is 14.6. The molecule has 4 nitrogen and oxygen atoms in total. The number of nitrogens with one attached hydrogen (secondary N) is 2. The van der Waals surface area contributed by atoms with E-state index in [2.05, 4.69) is 10.6 Å². The Morgan fingerprint density at radius 3 is 2.56 bits per heavy atom. The normalized spacial score (nSPS) is 11.8. The molecule has 2 amide bonds. The van der Waals surface area contributed by atoms with E-state index in [9.17, 15) is 13.6 Å². The third kappa shape index (κ3) is 6.15. The summed E-state index contributed by atoms with van der Waals surface area (Å²) in [7, 11) is 0. The average molecular weight is 348 g/mol. The summed E-state index contributed by atoms with van der Waals surface area (Å²) in [5.74, 6) is -1.24. The van der Waals surface area contributed by atoms with Gasteiger partial charge in [-0.1, -0.05) is 36.4 Å². The molecule has 2 aromatic carbocycles. The number of hydrogen-bond donors (Lipinski definition) is 3. The molecule has 134 valence electrons. The fourth-order valence-electron chi connectivity index (χ4n) is 2.55. The minimum atomic E-state index is -0.624. The molecule has 0 bridgehead atoms. The number of urea groups is 1. The van der Waals surface area contributed by atoms with Crippen molar-refractivity contribution in [2.75, 3.05) is 13.2 Å². The molecule has 0 saturated carbocycles. The molecule has 0 aliphatic rings. The van der Waals surface area contributed by atoms with E-state index in [1.165, 1.54) is 12.1 Å². The van der Waals surface area contributed by atoms with Gasteiger partial charge in [0.15, 0.2) is 0 Å². The Labute approximate surface area is 145 Å². The zero-order valence-corrected chi connectivity index (χ0v) is 13.8. The third-order valence-corrected chi connectivity index (χ3v) is 3.85. The predicted octanol–water partition coefficient (Wildman–Crippen LogP) is 3.32. The molecule has 2 aromatic rings. The molecule has 1 unspecified atom stereocenters. The van der Waals surface area contributed by atoms with Crippen molar-refractivity contribution in [2.45, 2.75) is 25.3 Å². The number of amides is 2. The first-order valence-electron chi connectivity index (χ1n) is 8.24. The Bertz CT molecular complexity index is 680. The van der Waals surface area contributed by atoms with Crippen LogP contribution in [0.2, 0.25) is 0 Å². The van der Waals surface area contributed by atoms with Gasteiger partial charge in [-0.3, -0.25) is 0 Å². The molecule has 2 rings (SSSR count). The Morgan fingerprint density at radius 2 is 1.88 bits per heavy atom. The number of carbonyl (C=O) groups is 1. The van der Waals surface area contributed by atoms with Gasteiger partial charge >= 0.3 is 6.03 Å². The van der Waals surface area contributed by atoms with Crippen molar-refractivity contribution in [3.8, 4) is 0 Å². The Morgan fingerprint density at radius 1 is 1.12 bits per heavy atom. The van der Waals surface area contributed by atoms with Crippen LogP contribution in [-0.4, -0.2) is 24.3 Å². The lowest BCUT2D eigenvalue weighted by Crippen LogP contribution is -2.39. The third-order valence-electron chi connectivity index (χ3n) is 3.85. The van der Waals surface area contributed by atoms with Gasteiger partial charge in [0.1, 0.15) is 11.6 Å².